The maximum Gasteiger partial charge on any atom is 0.407 e. The van der Waals surface area contributed by atoms with Crippen LogP contribution in [0.15, 0.2) is 0 Å². The lowest BCUT2D eigenvalue weighted by Crippen LogP contribution is -2.55. The molecule has 0 bridgehead atoms. The van der Waals surface area contributed by atoms with Crippen molar-refractivity contribution in [1.82, 2.24) is 5.32 Å². The molecule has 0 aromatic carbocycles. The summed E-state index contributed by atoms with van der Waals surface area (Å²) in [6.45, 7) is 20.0. The minimum absolute atomic E-state index is 0.135. The highest BCUT2D eigenvalue weighted by atomic mass is 16.6. The van der Waals surface area contributed by atoms with Crippen molar-refractivity contribution in [3.63, 3.8) is 0 Å². The molecule has 5 nitrogen and oxygen atoms in total. The van der Waals surface area contributed by atoms with Crippen molar-refractivity contribution in [2.24, 2.45) is 17.3 Å². The van der Waals surface area contributed by atoms with Gasteiger partial charge in [-0.05, 0) is 52.9 Å². The summed E-state index contributed by atoms with van der Waals surface area (Å²) in [6, 6.07) is 0. The smallest absolute Gasteiger partial charge is 0.407 e. The highest BCUT2D eigenvalue weighted by molar-refractivity contribution is 5.77. The van der Waals surface area contributed by atoms with Gasteiger partial charge in [0, 0.05) is 6.54 Å². The number of alkyl carbamates (subject to hydrolysis) is 1. The molecule has 0 aromatic heterocycles. The molecule has 29 heavy (non-hydrogen) atoms. The normalized spacial score (nSPS) is 13.0. The molecule has 1 amide bonds. The summed E-state index contributed by atoms with van der Waals surface area (Å²) < 4.78 is 11.6. The van der Waals surface area contributed by atoms with Gasteiger partial charge in [0.25, 0.3) is 0 Å². The minimum atomic E-state index is -0.970. The van der Waals surface area contributed by atoms with E-state index in [0.717, 1.165) is 12.8 Å². The summed E-state index contributed by atoms with van der Waals surface area (Å²) in [7, 11) is 0. The Labute approximate surface area is 179 Å². The van der Waals surface area contributed by atoms with Crippen LogP contribution in [-0.2, 0) is 14.3 Å². The molecule has 0 saturated carbocycles. The molecular weight excluding hydrogens is 366 g/mol. The first-order valence-electron chi connectivity index (χ1n) is 11.4. The number of nitrogens with one attached hydrogen (secondary N) is 1. The number of esters is 1. The summed E-state index contributed by atoms with van der Waals surface area (Å²) in [4.78, 5) is 25.3. The number of amides is 1. The molecule has 0 fully saturated rings. The number of hydrogen-bond donors (Lipinski definition) is 1. The molecule has 0 aliphatic heterocycles. The second-order valence-electron chi connectivity index (χ2n) is 10.1. The van der Waals surface area contributed by atoms with E-state index in [1.165, 1.54) is 25.7 Å². The number of rotatable bonds is 13. The first-order chi connectivity index (χ1) is 13.2. The molecule has 1 N–H and O–H groups in total. The van der Waals surface area contributed by atoms with E-state index in [0.29, 0.717) is 6.54 Å². The zero-order chi connectivity index (χ0) is 22.9. The van der Waals surface area contributed by atoms with E-state index < -0.39 is 22.7 Å². The maximum absolute atomic E-state index is 13.0. The highest BCUT2D eigenvalue weighted by Crippen LogP contribution is 2.40. The summed E-state index contributed by atoms with van der Waals surface area (Å²) in [6.07, 6.45) is 6.53. The fraction of sp³-hybridized carbons (Fsp3) is 0.917. The first-order valence-corrected chi connectivity index (χ1v) is 11.4. The Hall–Kier alpha value is -1.26. The van der Waals surface area contributed by atoms with Crippen LogP contribution in [0.4, 0.5) is 4.79 Å². The molecule has 0 aliphatic rings. The van der Waals surface area contributed by atoms with Crippen molar-refractivity contribution >= 4 is 12.1 Å². The van der Waals surface area contributed by atoms with Crippen LogP contribution in [0.5, 0.6) is 0 Å². The van der Waals surface area contributed by atoms with E-state index in [1.54, 1.807) is 27.7 Å². The quantitative estimate of drug-likeness (QED) is 0.277. The van der Waals surface area contributed by atoms with Gasteiger partial charge in [-0.1, -0.05) is 66.7 Å². The van der Waals surface area contributed by atoms with Gasteiger partial charge in [0.2, 0.25) is 0 Å². The van der Waals surface area contributed by atoms with Crippen LogP contribution >= 0.6 is 0 Å². The molecule has 0 rings (SSSR count). The van der Waals surface area contributed by atoms with Gasteiger partial charge >= 0.3 is 12.1 Å². The van der Waals surface area contributed by atoms with E-state index in [9.17, 15) is 9.59 Å². The summed E-state index contributed by atoms with van der Waals surface area (Å²) in [5.41, 5.74) is -2.54. The van der Waals surface area contributed by atoms with Crippen LogP contribution in [-0.4, -0.2) is 29.8 Å². The summed E-state index contributed by atoms with van der Waals surface area (Å²) in [5.74, 6) is 0.0163. The SMILES string of the molecule is CCCCCCCCNC(=O)OC(C)(C)C(C)(C)OC(=O)C(C)(C(C)C)C(C)C. The molecule has 0 heterocycles. The average molecular weight is 414 g/mol. The van der Waals surface area contributed by atoms with Crippen molar-refractivity contribution < 1.29 is 19.1 Å². The van der Waals surface area contributed by atoms with Crippen LogP contribution < -0.4 is 5.32 Å². The Balaban J connectivity index is 4.76. The number of carbonyl (C=O) groups is 2. The monoisotopic (exact) mass is 413 g/mol. The van der Waals surface area contributed by atoms with Crippen molar-refractivity contribution in [3.8, 4) is 0 Å². The Morgan fingerprint density at radius 3 is 1.69 bits per heavy atom. The van der Waals surface area contributed by atoms with Gasteiger partial charge in [0.1, 0.15) is 11.2 Å². The summed E-state index contributed by atoms with van der Waals surface area (Å²) in [5, 5.41) is 2.82. The van der Waals surface area contributed by atoms with Crippen molar-refractivity contribution in [1.29, 1.82) is 0 Å². The predicted octanol–water partition coefficient (Wildman–Crippen LogP) is 6.49. The molecule has 0 unspecified atom stereocenters. The number of carbonyl (C=O) groups excluding carboxylic acids is 2. The van der Waals surface area contributed by atoms with E-state index in [-0.39, 0.29) is 17.8 Å². The lowest BCUT2D eigenvalue weighted by Gasteiger charge is -2.43. The van der Waals surface area contributed by atoms with E-state index in [4.69, 9.17) is 9.47 Å². The topological polar surface area (TPSA) is 64.6 Å². The zero-order valence-corrected chi connectivity index (χ0v) is 20.7. The fourth-order valence-corrected chi connectivity index (χ4v) is 3.09. The van der Waals surface area contributed by atoms with Crippen molar-refractivity contribution in [2.45, 2.75) is 119 Å². The fourth-order valence-electron chi connectivity index (χ4n) is 3.09. The van der Waals surface area contributed by atoms with E-state index in [2.05, 4.69) is 12.2 Å². The van der Waals surface area contributed by atoms with Gasteiger partial charge in [-0.2, -0.15) is 0 Å². The van der Waals surface area contributed by atoms with Crippen LogP contribution in [0.2, 0.25) is 0 Å². The predicted molar refractivity (Wildman–Crippen MR) is 120 cm³/mol. The zero-order valence-electron chi connectivity index (χ0n) is 20.7. The Bertz CT molecular complexity index is 501. The van der Waals surface area contributed by atoms with Gasteiger partial charge in [0.15, 0.2) is 0 Å². The van der Waals surface area contributed by atoms with Crippen LogP contribution in [0.1, 0.15) is 108 Å². The lowest BCUT2D eigenvalue weighted by atomic mass is 9.70. The second kappa shape index (κ2) is 11.8. The maximum atomic E-state index is 13.0. The molecule has 0 atom stereocenters. The largest absolute Gasteiger partial charge is 0.455 e. The third-order valence-electron chi connectivity index (χ3n) is 6.78. The van der Waals surface area contributed by atoms with Gasteiger partial charge in [-0.3, -0.25) is 4.79 Å². The van der Waals surface area contributed by atoms with Gasteiger partial charge in [-0.25, -0.2) is 4.79 Å². The second-order valence-corrected chi connectivity index (χ2v) is 10.1. The van der Waals surface area contributed by atoms with Gasteiger partial charge in [-0.15, -0.1) is 0 Å². The molecule has 0 aromatic rings. The standard InChI is InChI=1S/C24H47NO4/c1-11-12-13-14-15-16-17-25-21(27)29-23(8,9)22(6,7)28-20(26)24(10,18(2)3)19(4)5/h18-19H,11-17H2,1-10H3,(H,25,27). The molecule has 0 saturated heterocycles. The third-order valence-corrected chi connectivity index (χ3v) is 6.78. The minimum Gasteiger partial charge on any atom is -0.455 e. The Morgan fingerprint density at radius 1 is 0.759 bits per heavy atom. The number of hydrogen-bond acceptors (Lipinski definition) is 4. The molecule has 0 spiro atoms. The van der Waals surface area contributed by atoms with Crippen LogP contribution in [0.25, 0.3) is 0 Å². The van der Waals surface area contributed by atoms with Crippen molar-refractivity contribution in [3.05, 3.63) is 0 Å². The Morgan fingerprint density at radius 2 is 1.21 bits per heavy atom. The summed E-state index contributed by atoms with van der Waals surface area (Å²) >= 11 is 0. The number of ether oxygens (including phenoxy) is 2. The van der Waals surface area contributed by atoms with Gasteiger partial charge < -0.3 is 14.8 Å². The highest BCUT2D eigenvalue weighted by Gasteiger charge is 2.49. The Kier molecular flexibility index (Phi) is 11.3. The molecule has 5 heteroatoms. The molecule has 172 valence electrons. The average Bonchev–Trinajstić information content (AvgIpc) is 2.58. The number of unbranched alkanes of at least 4 members (excludes halogenated alkanes) is 5. The van der Waals surface area contributed by atoms with Gasteiger partial charge in [0.05, 0.1) is 5.41 Å². The first kappa shape index (κ1) is 27.7. The van der Waals surface area contributed by atoms with Crippen molar-refractivity contribution in [2.75, 3.05) is 6.54 Å². The van der Waals surface area contributed by atoms with Crippen LogP contribution in [0, 0.1) is 17.3 Å². The molecule has 0 radical (unpaired) electrons. The molecular formula is C24H47NO4. The molecule has 0 aliphatic carbocycles. The lowest BCUT2D eigenvalue weighted by molar-refractivity contribution is -0.196. The van der Waals surface area contributed by atoms with Crippen LogP contribution in [0.3, 0.4) is 0 Å². The van der Waals surface area contributed by atoms with E-state index >= 15 is 0 Å². The van der Waals surface area contributed by atoms with E-state index in [1.807, 2.05) is 34.6 Å². The third kappa shape index (κ3) is 8.18.